The Morgan fingerprint density at radius 2 is 1.91 bits per heavy atom. The molecule has 4 nitrogen and oxygen atoms in total. The van der Waals surface area contributed by atoms with E-state index in [4.69, 9.17) is 16.5 Å². The smallest absolute Gasteiger partial charge is 0.266 e. The van der Waals surface area contributed by atoms with Crippen LogP contribution in [0.25, 0.3) is 0 Å². The first kappa shape index (κ1) is 16.2. The molecule has 0 unspecified atom stereocenters. The molecule has 5 heteroatoms. The molecule has 1 amide bonds. The van der Waals surface area contributed by atoms with Gasteiger partial charge in [0.25, 0.3) is 5.91 Å². The molecule has 0 spiro atoms. The van der Waals surface area contributed by atoms with Crippen molar-refractivity contribution in [3.63, 3.8) is 0 Å². The number of benzene rings is 2. The van der Waals surface area contributed by atoms with Crippen LogP contribution in [0.15, 0.2) is 30.3 Å². The topological polar surface area (TPSA) is 58.6 Å². The number of aryl methyl sites for hydroxylation is 3. The fourth-order valence-electron chi connectivity index (χ4n) is 2.24. The van der Waals surface area contributed by atoms with E-state index in [1.807, 2.05) is 26.8 Å². The lowest BCUT2D eigenvalue weighted by Gasteiger charge is -2.15. The zero-order chi connectivity index (χ0) is 16.3. The Hall–Kier alpha value is -2.20. The van der Waals surface area contributed by atoms with E-state index in [9.17, 15) is 9.90 Å². The van der Waals surface area contributed by atoms with E-state index in [1.54, 1.807) is 24.3 Å². The molecule has 116 valence electrons. The van der Waals surface area contributed by atoms with Crippen molar-refractivity contribution in [2.75, 3.05) is 0 Å². The molecule has 2 aromatic carbocycles. The number of rotatable bonds is 4. The van der Waals surface area contributed by atoms with E-state index in [2.05, 4.69) is 4.84 Å². The monoisotopic (exact) mass is 319 g/mol. The Balaban J connectivity index is 2.29. The highest BCUT2D eigenvalue weighted by molar-refractivity contribution is 6.24. The number of phenols is 1. The van der Waals surface area contributed by atoms with E-state index in [0.717, 1.165) is 22.3 Å². The van der Waals surface area contributed by atoms with Crippen molar-refractivity contribution in [1.29, 1.82) is 0 Å². The predicted octanol–water partition coefficient (Wildman–Crippen LogP) is 3.78. The second-order valence-corrected chi connectivity index (χ2v) is 5.41. The van der Waals surface area contributed by atoms with E-state index in [0.29, 0.717) is 11.3 Å². The summed E-state index contributed by atoms with van der Waals surface area (Å²) in [5, 5.41) is 9.68. The predicted molar refractivity (Wildman–Crippen MR) is 86.4 cm³/mol. The highest BCUT2D eigenvalue weighted by Crippen LogP contribution is 2.28. The Bertz CT molecular complexity index is 713. The first-order chi connectivity index (χ1) is 10.4. The molecule has 0 atom stereocenters. The van der Waals surface area contributed by atoms with Gasteiger partial charge in [-0.3, -0.25) is 9.63 Å². The number of halogens is 1. The van der Waals surface area contributed by atoms with Crippen molar-refractivity contribution in [1.82, 2.24) is 4.84 Å². The van der Waals surface area contributed by atoms with Gasteiger partial charge in [0, 0.05) is 22.9 Å². The van der Waals surface area contributed by atoms with Crippen LogP contribution in [-0.2, 0) is 6.61 Å². The second-order valence-electron chi connectivity index (χ2n) is 5.22. The summed E-state index contributed by atoms with van der Waals surface area (Å²) in [7, 11) is 0. The molecule has 0 heterocycles. The van der Waals surface area contributed by atoms with Gasteiger partial charge in [-0.25, -0.2) is 0 Å². The average Bonchev–Trinajstić information content (AvgIpc) is 2.49. The molecule has 0 fully saturated rings. The van der Waals surface area contributed by atoms with E-state index in [1.165, 1.54) is 0 Å². The molecular formula is C17H18ClNO3. The minimum Gasteiger partial charge on any atom is -0.508 e. The number of amides is 1. The third-order valence-electron chi connectivity index (χ3n) is 3.61. The summed E-state index contributed by atoms with van der Waals surface area (Å²) in [5.74, 6) is 0.557. The number of nitrogens with one attached hydrogen (secondary N) is 1. The van der Waals surface area contributed by atoms with Gasteiger partial charge in [0.2, 0.25) is 0 Å². The third kappa shape index (κ3) is 3.34. The van der Waals surface area contributed by atoms with Gasteiger partial charge in [-0.15, -0.1) is 0 Å². The van der Waals surface area contributed by atoms with E-state index >= 15 is 0 Å². The summed E-state index contributed by atoms with van der Waals surface area (Å²) < 4.78 is 5.84. The van der Waals surface area contributed by atoms with Crippen molar-refractivity contribution in [2.24, 2.45) is 0 Å². The highest BCUT2D eigenvalue weighted by atomic mass is 35.5. The Kier molecular flexibility index (Phi) is 4.93. The maximum absolute atomic E-state index is 11.8. The van der Waals surface area contributed by atoms with Crippen LogP contribution >= 0.6 is 11.8 Å². The van der Waals surface area contributed by atoms with Crippen molar-refractivity contribution >= 4 is 17.7 Å². The number of hydrogen-bond acceptors (Lipinski definition) is 3. The lowest BCUT2D eigenvalue weighted by molar-refractivity contribution is 0.0979. The average molecular weight is 320 g/mol. The molecule has 0 bridgehead atoms. The van der Waals surface area contributed by atoms with Crippen LogP contribution in [0.3, 0.4) is 0 Å². The van der Waals surface area contributed by atoms with Gasteiger partial charge in [0.05, 0.1) is 0 Å². The molecule has 0 aliphatic carbocycles. The first-order valence-electron chi connectivity index (χ1n) is 6.86. The number of hydrogen-bond donors (Lipinski definition) is 2. The quantitative estimate of drug-likeness (QED) is 0.843. The van der Waals surface area contributed by atoms with Gasteiger partial charge in [-0.05, 0) is 55.7 Å². The molecule has 0 aliphatic rings. The van der Waals surface area contributed by atoms with Crippen LogP contribution in [0.4, 0.5) is 0 Å². The van der Waals surface area contributed by atoms with Crippen molar-refractivity contribution in [2.45, 2.75) is 27.4 Å². The van der Waals surface area contributed by atoms with Crippen LogP contribution in [-0.4, -0.2) is 11.0 Å². The van der Waals surface area contributed by atoms with E-state index in [-0.39, 0.29) is 18.3 Å². The van der Waals surface area contributed by atoms with Crippen LogP contribution in [0.1, 0.15) is 32.6 Å². The third-order valence-corrected chi connectivity index (χ3v) is 3.78. The molecule has 0 saturated carbocycles. The second kappa shape index (κ2) is 6.71. The van der Waals surface area contributed by atoms with Gasteiger partial charge in [0.15, 0.2) is 0 Å². The standard InChI is InChI=1S/C17H18ClNO3/c1-10-5-4-6-13(17(21)19-18)14(10)9-22-16-8-11(2)15(20)7-12(16)3/h4-8,20H,9H2,1-3H3,(H,19,21). The zero-order valence-electron chi connectivity index (χ0n) is 12.7. The molecule has 2 rings (SSSR count). The highest BCUT2D eigenvalue weighted by Gasteiger charge is 2.14. The van der Waals surface area contributed by atoms with Crippen LogP contribution < -0.4 is 9.57 Å². The molecule has 0 saturated heterocycles. The number of aromatic hydroxyl groups is 1. The summed E-state index contributed by atoms with van der Waals surface area (Å²) in [6.07, 6.45) is 0. The Morgan fingerprint density at radius 1 is 1.18 bits per heavy atom. The Morgan fingerprint density at radius 3 is 2.59 bits per heavy atom. The van der Waals surface area contributed by atoms with Crippen LogP contribution in [0, 0.1) is 20.8 Å². The number of phenolic OH excluding ortho intramolecular Hbond substituents is 1. The fourth-order valence-corrected chi connectivity index (χ4v) is 2.34. The molecule has 2 N–H and O–H groups in total. The van der Waals surface area contributed by atoms with Gasteiger partial charge >= 0.3 is 0 Å². The Labute approximate surface area is 134 Å². The summed E-state index contributed by atoms with van der Waals surface area (Å²) in [4.78, 5) is 14.0. The lowest BCUT2D eigenvalue weighted by atomic mass is 10.0. The first-order valence-corrected chi connectivity index (χ1v) is 7.24. The van der Waals surface area contributed by atoms with Crippen molar-refractivity contribution < 1.29 is 14.6 Å². The maximum atomic E-state index is 11.8. The fraction of sp³-hybridized carbons (Fsp3) is 0.235. The summed E-state index contributed by atoms with van der Waals surface area (Å²) in [5.41, 5.74) is 3.80. The molecular weight excluding hydrogens is 302 g/mol. The maximum Gasteiger partial charge on any atom is 0.266 e. The molecule has 0 radical (unpaired) electrons. The minimum absolute atomic E-state index is 0.239. The van der Waals surface area contributed by atoms with Crippen LogP contribution in [0.5, 0.6) is 11.5 Å². The largest absolute Gasteiger partial charge is 0.508 e. The van der Waals surface area contributed by atoms with Gasteiger partial charge in [-0.1, -0.05) is 12.1 Å². The van der Waals surface area contributed by atoms with Gasteiger partial charge < -0.3 is 9.84 Å². The minimum atomic E-state index is -0.359. The summed E-state index contributed by atoms with van der Waals surface area (Å²) in [6.45, 7) is 5.83. The number of carbonyl (C=O) groups is 1. The van der Waals surface area contributed by atoms with Crippen molar-refractivity contribution in [3.8, 4) is 11.5 Å². The summed E-state index contributed by atoms with van der Waals surface area (Å²) in [6, 6.07) is 8.87. The van der Waals surface area contributed by atoms with Crippen molar-refractivity contribution in [3.05, 3.63) is 58.1 Å². The van der Waals surface area contributed by atoms with E-state index < -0.39 is 0 Å². The van der Waals surface area contributed by atoms with Gasteiger partial charge in [0.1, 0.15) is 18.1 Å². The summed E-state index contributed by atoms with van der Waals surface area (Å²) >= 11 is 5.42. The number of carbonyl (C=O) groups excluding carboxylic acids is 1. The molecule has 0 aromatic heterocycles. The number of ether oxygens (including phenoxy) is 1. The molecule has 0 aliphatic heterocycles. The zero-order valence-corrected chi connectivity index (χ0v) is 13.5. The SMILES string of the molecule is Cc1cc(OCc2c(C)cccc2C(=O)NCl)c(C)cc1O. The lowest BCUT2D eigenvalue weighted by Crippen LogP contribution is -2.16. The van der Waals surface area contributed by atoms with Crippen LogP contribution in [0.2, 0.25) is 0 Å². The normalized spacial score (nSPS) is 10.4. The molecule has 2 aromatic rings. The van der Waals surface area contributed by atoms with Gasteiger partial charge in [-0.2, -0.15) is 0 Å². The molecule has 22 heavy (non-hydrogen) atoms.